The Bertz CT molecular complexity index is 674. The molecule has 1 aromatic heterocycles. The Balaban J connectivity index is 2.39. The average molecular weight is 336 g/mol. The van der Waals surface area contributed by atoms with Crippen LogP contribution in [0, 0.1) is 6.92 Å². The van der Waals surface area contributed by atoms with Crippen molar-refractivity contribution >= 4 is 23.2 Å². The Kier molecular flexibility index (Phi) is 4.46. The third-order valence-corrected chi connectivity index (χ3v) is 3.68. The van der Waals surface area contributed by atoms with E-state index in [1.54, 1.807) is 19.1 Å². The van der Waals surface area contributed by atoms with Gasteiger partial charge in [0.05, 0.1) is 0 Å². The van der Waals surface area contributed by atoms with Gasteiger partial charge < -0.3 is 5.11 Å². The van der Waals surface area contributed by atoms with Gasteiger partial charge in [0.1, 0.15) is 17.0 Å². The van der Waals surface area contributed by atoms with Gasteiger partial charge in [-0.25, -0.2) is 4.98 Å². The van der Waals surface area contributed by atoms with Crippen molar-refractivity contribution in [2.24, 2.45) is 0 Å². The van der Waals surface area contributed by atoms with Gasteiger partial charge in [-0.15, -0.1) is 0 Å². The van der Waals surface area contributed by atoms with E-state index in [1.807, 2.05) is 0 Å². The molecule has 0 bridgehead atoms. The highest BCUT2D eigenvalue weighted by atomic mass is 35.5. The molecule has 21 heavy (non-hydrogen) atoms. The Hall–Kier alpha value is -1.30. The molecule has 1 heterocycles. The zero-order valence-corrected chi connectivity index (χ0v) is 12.3. The standard InChI is InChI=1S/C14H10Cl2F3NO/c1-7-2-3-8(6-10(7)15)12(21)9-4-5-11(14(17,18)19)20-13(9)16/h2-6,12,21H,1H3. The smallest absolute Gasteiger partial charge is 0.384 e. The van der Waals surface area contributed by atoms with Crippen LogP contribution < -0.4 is 0 Å². The van der Waals surface area contributed by atoms with Gasteiger partial charge in [0.2, 0.25) is 0 Å². The number of aryl methyl sites for hydroxylation is 1. The van der Waals surface area contributed by atoms with Crippen molar-refractivity contribution < 1.29 is 18.3 Å². The van der Waals surface area contributed by atoms with E-state index in [0.717, 1.165) is 17.7 Å². The minimum atomic E-state index is -4.58. The van der Waals surface area contributed by atoms with Crippen molar-refractivity contribution in [3.8, 4) is 0 Å². The third-order valence-electron chi connectivity index (χ3n) is 2.97. The van der Waals surface area contributed by atoms with Crippen LogP contribution in [0.3, 0.4) is 0 Å². The summed E-state index contributed by atoms with van der Waals surface area (Å²) >= 11 is 11.7. The summed E-state index contributed by atoms with van der Waals surface area (Å²) in [5, 5.41) is 10.3. The van der Waals surface area contributed by atoms with Crippen LogP contribution in [-0.4, -0.2) is 10.1 Å². The maximum atomic E-state index is 12.5. The summed E-state index contributed by atoms with van der Waals surface area (Å²) in [6.45, 7) is 1.80. The molecule has 2 rings (SSSR count). The predicted molar refractivity (Wildman–Crippen MR) is 74.5 cm³/mol. The summed E-state index contributed by atoms with van der Waals surface area (Å²) in [5.74, 6) is 0. The number of pyridine rings is 1. The number of hydrogen-bond donors (Lipinski definition) is 1. The minimum absolute atomic E-state index is 0.0876. The molecule has 7 heteroatoms. The molecule has 2 aromatic rings. The van der Waals surface area contributed by atoms with Crippen LogP contribution in [0.4, 0.5) is 13.2 Å². The Morgan fingerprint density at radius 1 is 1.14 bits per heavy atom. The first-order valence-corrected chi connectivity index (χ1v) is 6.63. The molecule has 1 unspecified atom stereocenters. The summed E-state index contributed by atoms with van der Waals surface area (Å²) in [6.07, 6.45) is -5.79. The van der Waals surface area contributed by atoms with Crippen LogP contribution in [-0.2, 0) is 6.18 Å². The molecule has 0 aliphatic heterocycles. The Morgan fingerprint density at radius 3 is 2.33 bits per heavy atom. The lowest BCUT2D eigenvalue weighted by atomic mass is 10.0. The maximum Gasteiger partial charge on any atom is 0.433 e. The molecule has 0 aliphatic rings. The fraction of sp³-hybridized carbons (Fsp3) is 0.214. The van der Waals surface area contributed by atoms with Crippen molar-refractivity contribution in [1.82, 2.24) is 4.98 Å². The molecule has 0 radical (unpaired) electrons. The van der Waals surface area contributed by atoms with E-state index in [4.69, 9.17) is 23.2 Å². The van der Waals surface area contributed by atoms with E-state index in [2.05, 4.69) is 4.98 Å². The number of aliphatic hydroxyl groups is 1. The first kappa shape index (κ1) is 16.1. The summed E-state index contributed by atoms with van der Waals surface area (Å²) in [7, 11) is 0. The number of aromatic nitrogens is 1. The summed E-state index contributed by atoms with van der Waals surface area (Å²) in [5.41, 5.74) is 0.230. The van der Waals surface area contributed by atoms with Crippen molar-refractivity contribution in [2.75, 3.05) is 0 Å². The second-order valence-electron chi connectivity index (χ2n) is 4.49. The van der Waals surface area contributed by atoms with Gasteiger partial charge in [-0.2, -0.15) is 13.2 Å². The lowest BCUT2D eigenvalue weighted by molar-refractivity contribution is -0.141. The number of rotatable bonds is 2. The van der Waals surface area contributed by atoms with E-state index in [-0.39, 0.29) is 5.56 Å². The molecular weight excluding hydrogens is 326 g/mol. The second-order valence-corrected chi connectivity index (χ2v) is 5.25. The fourth-order valence-corrected chi connectivity index (χ4v) is 2.21. The molecule has 112 valence electrons. The highest BCUT2D eigenvalue weighted by molar-refractivity contribution is 6.31. The summed E-state index contributed by atoms with van der Waals surface area (Å²) < 4.78 is 37.6. The van der Waals surface area contributed by atoms with Gasteiger partial charge in [0.25, 0.3) is 0 Å². The quantitative estimate of drug-likeness (QED) is 0.800. The average Bonchev–Trinajstić information content (AvgIpc) is 2.40. The maximum absolute atomic E-state index is 12.5. The zero-order valence-electron chi connectivity index (χ0n) is 10.7. The molecule has 0 aliphatic carbocycles. The van der Waals surface area contributed by atoms with E-state index >= 15 is 0 Å². The minimum Gasteiger partial charge on any atom is -0.384 e. The van der Waals surface area contributed by atoms with Gasteiger partial charge in [-0.3, -0.25) is 0 Å². The molecular formula is C14H10Cl2F3NO. The van der Waals surface area contributed by atoms with Crippen LogP contribution in [0.5, 0.6) is 0 Å². The number of halogens is 5. The van der Waals surface area contributed by atoms with Gasteiger partial charge in [-0.05, 0) is 30.2 Å². The fourth-order valence-electron chi connectivity index (χ4n) is 1.77. The van der Waals surface area contributed by atoms with E-state index in [9.17, 15) is 18.3 Å². The van der Waals surface area contributed by atoms with Gasteiger partial charge in [0.15, 0.2) is 0 Å². The Labute approximate surface area is 129 Å². The normalized spacial score (nSPS) is 13.3. The number of nitrogens with zero attached hydrogens (tertiary/aromatic N) is 1. The molecule has 0 fully saturated rings. The molecule has 0 saturated carbocycles. The third kappa shape index (κ3) is 3.48. The molecule has 0 saturated heterocycles. The monoisotopic (exact) mass is 335 g/mol. The van der Waals surface area contributed by atoms with Crippen LogP contribution >= 0.6 is 23.2 Å². The van der Waals surface area contributed by atoms with Crippen molar-refractivity contribution in [2.45, 2.75) is 19.2 Å². The molecule has 0 amide bonds. The number of benzene rings is 1. The van der Waals surface area contributed by atoms with Gasteiger partial charge in [-0.1, -0.05) is 41.4 Å². The van der Waals surface area contributed by atoms with E-state index in [0.29, 0.717) is 10.6 Å². The summed E-state index contributed by atoms with van der Waals surface area (Å²) in [6, 6.07) is 6.75. The van der Waals surface area contributed by atoms with E-state index in [1.165, 1.54) is 6.07 Å². The van der Waals surface area contributed by atoms with Crippen molar-refractivity contribution in [3.05, 3.63) is 62.9 Å². The zero-order chi connectivity index (χ0) is 15.8. The lowest BCUT2D eigenvalue weighted by Crippen LogP contribution is -2.10. The SMILES string of the molecule is Cc1ccc(C(O)c2ccc(C(F)(F)F)nc2Cl)cc1Cl. The van der Waals surface area contributed by atoms with Gasteiger partial charge in [0, 0.05) is 10.6 Å². The molecule has 1 atom stereocenters. The largest absolute Gasteiger partial charge is 0.433 e. The topological polar surface area (TPSA) is 33.1 Å². The molecule has 1 N–H and O–H groups in total. The second kappa shape index (κ2) is 5.83. The molecule has 0 spiro atoms. The van der Waals surface area contributed by atoms with Crippen LogP contribution in [0.2, 0.25) is 10.2 Å². The van der Waals surface area contributed by atoms with Gasteiger partial charge >= 0.3 is 6.18 Å². The number of aliphatic hydroxyl groups excluding tert-OH is 1. The first-order chi connectivity index (χ1) is 9.70. The molecule has 1 aromatic carbocycles. The highest BCUT2D eigenvalue weighted by Gasteiger charge is 2.33. The van der Waals surface area contributed by atoms with Crippen molar-refractivity contribution in [3.63, 3.8) is 0 Å². The summed E-state index contributed by atoms with van der Waals surface area (Å²) in [4.78, 5) is 3.28. The van der Waals surface area contributed by atoms with Crippen LogP contribution in [0.1, 0.15) is 28.5 Å². The Morgan fingerprint density at radius 2 is 1.81 bits per heavy atom. The van der Waals surface area contributed by atoms with Crippen molar-refractivity contribution in [1.29, 1.82) is 0 Å². The number of alkyl halides is 3. The van der Waals surface area contributed by atoms with E-state index < -0.39 is 23.1 Å². The predicted octanol–water partition coefficient (Wildman–Crippen LogP) is 4.80. The first-order valence-electron chi connectivity index (χ1n) is 5.88. The number of hydrogen-bond acceptors (Lipinski definition) is 2. The van der Waals surface area contributed by atoms with Crippen LogP contribution in [0.25, 0.3) is 0 Å². The molecule has 2 nitrogen and oxygen atoms in total. The lowest BCUT2D eigenvalue weighted by Gasteiger charge is -2.15. The van der Waals surface area contributed by atoms with Crippen LogP contribution in [0.15, 0.2) is 30.3 Å². The highest BCUT2D eigenvalue weighted by Crippen LogP contribution is 2.33.